The van der Waals surface area contributed by atoms with E-state index in [0.717, 1.165) is 13.1 Å². The molecule has 0 radical (unpaired) electrons. The maximum absolute atomic E-state index is 8.43. The van der Waals surface area contributed by atoms with Crippen LogP contribution in [0.15, 0.2) is 0 Å². The minimum Gasteiger partial charge on any atom is -0.314 e. The van der Waals surface area contributed by atoms with E-state index in [9.17, 15) is 0 Å². The molecule has 80 valence electrons. The number of hydrogen-bond acceptors (Lipinski definition) is 3. The molecule has 0 bridgehead atoms. The first-order valence-electron chi connectivity index (χ1n) is 5.46. The number of rotatable bonds is 5. The van der Waals surface area contributed by atoms with Crippen LogP contribution in [0, 0.1) is 11.3 Å². The van der Waals surface area contributed by atoms with Gasteiger partial charge in [-0.3, -0.25) is 0 Å². The van der Waals surface area contributed by atoms with Crippen LogP contribution in [0.1, 0.15) is 38.5 Å². The van der Waals surface area contributed by atoms with E-state index in [0.29, 0.717) is 11.2 Å². The molecule has 1 saturated carbocycles. The van der Waals surface area contributed by atoms with Gasteiger partial charge in [-0.05, 0) is 19.1 Å². The minimum absolute atomic E-state index is 0.466. The molecule has 0 aliphatic heterocycles. The van der Waals surface area contributed by atoms with E-state index in [1.54, 1.807) is 0 Å². The lowest BCUT2D eigenvalue weighted by atomic mass is 9.88. The van der Waals surface area contributed by atoms with Crippen LogP contribution in [0.3, 0.4) is 0 Å². The quantitative estimate of drug-likeness (QED) is 0.711. The number of nitriles is 1. The Morgan fingerprint density at radius 3 is 2.64 bits per heavy atom. The molecule has 2 nitrogen and oxygen atoms in total. The van der Waals surface area contributed by atoms with E-state index in [4.69, 9.17) is 5.26 Å². The molecule has 14 heavy (non-hydrogen) atoms. The van der Waals surface area contributed by atoms with Crippen molar-refractivity contribution >= 4 is 11.8 Å². The Bertz CT molecular complexity index is 192. The highest BCUT2D eigenvalue weighted by Crippen LogP contribution is 2.37. The molecule has 1 rings (SSSR count). The number of nitrogens with zero attached hydrogens (tertiary/aromatic N) is 1. The highest BCUT2D eigenvalue weighted by molar-refractivity contribution is 8.00. The lowest BCUT2D eigenvalue weighted by Gasteiger charge is -2.36. The Labute approximate surface area is 91.4 Å². The predicted molar refractivity (Wildman–Crippen MR) is 62.4 cm³/mol. The average molecular weight is 212 g/mol. The van der Waals surface area contributed by atoms with Gasteiger partial charge in [-0.2, -0.15) is 17.0 Å². The molecule has 0 heterocycles. The van der Waals surface area contributed by atoms with Gasteiger partial charge >= 0.3 is 0 Å². The summed E-state index contributed by atoms with van der Waals surface area (Å²) >= 11 is 2.01. The Morgan fingerprint density at radius 2 is 2.07 bits per heavy atom. The third-order valence-electron chi connectivity index (χ3n) is 3.06. The third-order valence-corrected chi connectivity index (χ3v) is 4.48. The van der Waals surface area contributed by atoms with Gasteiger partial charge in [0.2, 0.25) is 0 Å². The van der Waals surface area contributed by atoms with Crippen LogP contribution in [0.5, 0.6) is 0 Å². The molecule has 0 aromatic carbocycles. The van der Waals surface area contributed by atoms with Crippen molar-refractivity contribution in [3.05, 3.63) is 0 Å². The summed E-state index contributed by atoms with van der Waals surface area (Å²) in [6, 6.07) is 2.17. The van der Waals surface area contributed by atoms with Gasteiger partial charge in [-0.15, -0.1) is 0 Å². The first-order chi connectivity index (χ1) is 6.83. The van der Waals surface area contributed by atoms with Crippen molar-refractivity contribution in [1.82, 2.24) is 5.32 Å². The molecule has 0 saturated heterocycles. The monoisotopic (exact) mass is 212 g/mol. The van der Waals surface area contributed by atoms with E-state index < -0.39 is 0 Å². The van der Waals surface area contributed by atoms with Gasteiger partial charge in [-0.1, -0.05) is 19.3 Å². The lowest BCUT2D eigenvalue weighted by molar-refractivity contribution is 0.381. The van der Waals surface area contributed by atoms with Gasteiger partial charge in [0.1, 0.15) is 0 Å². The summed E-state index contributed by atoms with van der Waals surface area (Å²) in [5.74, 6) is 0. The molecule has 1 N–H and O–H groups in total. The SMILES string of the molecule is CSC1(CNCCC#N)CCCCC1. The maximum atomic E-state index is 8.43. The van der Waals surface area contributed by atoms with Crippen molar-refractivity contribution in [1.29, 1.82) is 5.26 Å². The summed E-state index contributed by atoms with van der Waals surface area (Å²) in [4.78, 5) is 0. The zero-order valence-electron chi connectivity index (χ0n) is 9.01. The zero-order chi connectivity index (χ0) is 10.3. The second-order valence-corrected chi connectivity index (χ2v) is 5.31. The van der Waals surface area contributed by atoms with Crippen LogP contribution in [0.4, 0.5) is 0 Å². The predicted octanol–water partition coefficient (Wildman–Crippen LogP) is 2.56. The number of hydrogen-bond donors (Lipinski definition) is 1. The third kappa shape index (κ3) is 3.51. The molecule has 0 aromatic heterocycles. The second-order valence-electron chi connectivity index (χ2n) is 4.03. The summed E-state index contributed by atoms with van der Waals surface area (Å²) in [5.41, 5.74) is 0. The fraction of sp³-hybridized carbons (Fsp3) is 0.909. The van der Waals surface area contributed by atoms with Crippen LogP contribution in [-0.2, 0) is 0 Å². The van der Waals surface area contributed by atoms with Crippen LogP contribution >= 0.6 is 11.8 Å². The molecule has 0 atom stereocenters. The highest BCUT2D eigenvalue weighted by atomic mass is 32.2. The molecule has 0 spiro atoms. The molecule has 1 aliphatic carbocycles. The Hall–Kier alpha value is -0.200. The van der Waals surface area contributed by atoms with E-state index >= 15 is 0 Å². The van der Waals surface area contributed by atoms with Crippen molar-refractivity contribution in [3.8, 4) is 6.07 Å². The van der Waals surface area contributed by atoms with Crippen LogP contribution in [0.2, 0.25) is 0 Å². The smallest absolute Gasteiger partial charge is 0.0635 e. The summed E-state index contributed by atoms with van der Waals surface area (Å²) in [7, 11) is 0. The largest absolute Gasteiger partial charge is 0.314 e. The van der Waals surface area contributed by atoms with E-state index in [1.807, 2.05) is 11.8 Å². The fourth-order valence-corrected chi connectivity index (χ4v) is 3.05. The van der Waals surface area contributed by atoms with Crippen LogP contribution < -0.4 is 5.32 Å². The molecule has 1 fully saturated rings. The first-order valence-corrected chi connectivity index (χ1v) is 6.68. The van der Waals surface area contributed by atoms with Gasteiger partial charge in [0.05, 0.1) is 6.07 Å². The molecular formula is C11H20N2S. The van der Waals surface area contributed by atoms with Gasteiger partial charge in [0, 0.05) is 24.3 Å². The number of nitrogens with one attached hydrogen (secondary N) is 1. The van der Waals surface area contributed by atoms with Crippen molar-refractivity contribution in [3.63, 3.8) is 0 Å². The Morgan fingerprint density at radius 1 is 1.36 bits per heavy atom. The van der Waals surface area contributed by atoms with Crippen molar-refractivity contribution in [2.45, 2.75) is 43.3 Å². The fourth-order valence-electron chi connectivity index (χ4n) is 2.11. The molecule has 0 amide bonds. The summed E-state index contributed by atoms with van der Waals surface area (Å²) in [5, 5.41) is 11.8. The molecule has 0 unspecified atom stereocenters. The molecule has 1 aliphatic rings. The minimum atomic E-state index is 0.466. The average Bonchev–Trinajstić information content (AvgIpc) is 2.26. The summed E-state index contributed by atoms with van der Waals surface area (Å²) < 4.78 is 0.466. The Balaban J connectivity index is 2.26. The maximum Gasteiger partial charge on any atom is 0.0635 e. The van der Waals surface area contributed by atoms with Gasteiger partial charge in [0.15, 0.2) is 0 Å². The highest BCUT2D eigenvalue weighted by Gasteiger charge is 2.30. The normalized spacial score (nSPS) is 20.3. The van der Waals surface area contributed by atoms with Crippen molar-refractivity contribution < 1.29 is 0 Å². The molecular weight excluding hydrogens is 192 g/mol. The first kappa shape index (κ1) is 11.9. The lowest BCUT2D eigenvalue weighted by Crippen LogP contribution is -2.39. The van der Waals surface area contributed by atoms with Crippen LogP contribution in [0.25, 0.3) is 0 Å². The van der Waals surface area contributed by atoms with E-state index in [1.165, 1.54) is 32.1 Å². The van der Waals surface area contributed by atoms with E-state index in [-0.39, 0.29) is 0 Å². The van der Waals surface area contributed by atoms with Crippen molar-refractivity contribution in [2.75, 3.05) is 19.3 Å². The molecule has 0 aromatic rings. The standard InChI is InChI=1S/C11H20N2S/c1-14-11(6-3-2-4-7-11)10-13-9-5-8-12/h13H,2-7,9-10H2,1H3. The van der Waals surface area contributed by atoms with Gasteiger partial charge < -0.3 is 5.32 Å². The summed E-state index contributed by atoms with van der Waals surface area (Å²) in [6.07, 6.45) is 9.69. The Kier molecular flexibility index (Phi) is 5.36. The van der Waals surface area contributed by atoms with E-state index in [2.05, 4.69) is 17.6 Å². The summed E-state index contributed by atoms with van der Waals surface area (Å²) in [6.45, 7) is 1.93. The van der Waals surface area contributed by atoms with Crippen LogP contribution in [-0.4, -0.2) is 24.1 Å². The molecule has 3 heteroatoms. The van der Waals surface area contributed by atoms with Crippen molar-refractivity contribution in [2.24, 2.45) is 0 Å². The topological polar surface area (TPSA) is 35.8 Å². The second kappa shape index (κ2) is 6.31. The van der Waals surface area contributed by atoms with Gasteiger partial charge in [-0.25, -0.2) is 0 Å². The zero-order valence-corrected chi connectivity index (χ0v) is 9.83. The number of thioether (sulfide) groups is 1. The van der Waals surface area contributed by atoms with Gasteiger partial charge in [0.25, 0.3) is 0 Å².